The summed E-state index contributed by atoms with van der Waals surface area (Å²) in [4.78, 5) is 36.1. The molecule has 122 valence electrons. The SMILES string of the molecule is CC[C@@H](C)n1c(=O)c(Br)c(C)n(/N=C(/C)CC(=O)OC)c1=O. The molecule has 0 spiro atoms. The normalized spacial score (nSPS) is 13.1. The molecule has 8 heteroatoms. The van der Waals surface area contributed by atoms with Gasteiger partial charge in [-0.1, -0.05) is 6.92 Å². The molecule has 0 radical (unpaired) electrons. The highest BCUT2D eigenvalue weighted by Gasteiger charge is 2.18. The minimum absolute atomic E-state index is 0.0253. The van der Waals surface area contributed by atoms with E-state index >= 15 is 0 Å². The fourth-order valence-corrected chi connectivity index (χ4v) is 2.22. The van der Waals surface area contributed by atoms with E-state index in [-0.39, 0.29) is 22.5 Å². The third-order valence-corrected chi connectivity index (χ3v) is 4.27. The molecule has 0 N–H and O–H groups in total. The first-order valence-corrected chi connectivity index (χ1v) is 7.68. The van der Waals surface area contributed by atoms with Gasteiger partial charge in [-0.2, -0.15) is 9.78 Å². The maximum atomic E-state index is 12.5. The number of aromatic nitrogens is 2. The van der Waals surface area contributed by atoms with Gasteiger partial charge >= 0.3 is 11.7 Å². The first kappa shape index (κ1) is 18.3. The van der Waals surface area contributed by atoms with E-state index in [1.54, 1.807) is 20.8 Å². The van der Waals surface area contributed by atoms with Crippen LogP contribution in [0.2, 0.25) is 0 Å². The van der Waals surface area contributed by atoms with Crippen molar-refractivity contribution in [1.82, 2.24) is 9.24 Å². The zero-order chi connectivity index (χ0) is 17.0. The Bertz CT molecular complexity index is 718. The van der Waals surface area contributed by atoms with Crippen molar-refractivity contribution in [3.63, 3.8) is 0 Å². The van der Waals surface area contributed by atoms with Gasteiger partial charge in [0.05, 0.1) is 19.2 Å². The van der Waals surface area contributed by atoms with Gasteiger partial charge < -0.3 is 4.74 Å². The molecule has 1 aromatic heterocycles. The number of halogens is 1. The number of hydrogen-bond donors (Lipinski definition) is 0. The molecule has 1 rings (SSSR count). The third-order valence-electron chi connectivity index (χ3n) is 3.36. The summed E-state index contributed by atoms with van der Waals surface area (Å²) in [5, 5.41) is 4.16. The molecule has 0 aliphatic carbocycles. The Morgan fingerprint density at radius 3 is 2.50 bits per heavy atom. The minimum atomic E-state index is -0.524. The smallest absolute Gasteiger partial charge is 0.352 e. The highest BCUT2D eigenvalue weighted by Crippen LogP contribution is 2.12. The lowest BCUT2D eigenvalue weighted by Gasteiger charge is -2.16. The average Bonchev–Trinajstić information content (AvgIpc) is 2.49. The zero-order valence-corrected chi connectivity index (χ0v) is 14.9. The lowest BCUT2D eigenvalue weighted by Crippen LogP contribution is -2.42. The molecule has 0 bridgehead atoms. The minimum Gasteiger partial charge on any atom is -0.469 e. The fourth-order valence-electron chi connectivity index (χ4n) is 1.86. The Kier molecular flexibility index (Phi) is 6.28. The second-order valence-electron chi connectivity index (χ2n) is 5.01. The molecule has 1 aromatic rings. The van der Waals surface area contributed by atoms with Gasteiger partial charge in [-0.25, -0.2) is 4.79 Å². The number of ether oxygens (including phenoxy) is 1. The Labute approximate surface area is 136 Å². The van der Waals surface area contributed by atoms with E-state index in [0.717, 1.165) is 9.24 Å². The second-order valence-corrected chi connectivity index (χ2v) is 5.81. The Morgan fingerprint density at radius 1 is 1.41 bits per heavy atom. The number of esters is 1. The first-order valence-electron chi connectivity index (χ1n) is 6.89. The van der Waals surface area contributed by atoms with E-state index < -0.39 is 11.7 Å². The first-order chi connectivity index (χ1) is 10.2. The molecule has 0 aromatic carbocycles. The largest absolute Gasteiger partial charge is 0.469 e. The number of methoxy groups -OCH3 is 1. The second kappa shape index (κ2) is 7.53. The summed E-state index contributed by atoms with van der Waals surface area (Å²) >= 11 is 3.21. The standard InChI is InChI=1S/C14H20BrN3O4/c1-6-9(3)17-13(20)12(15)10(4)18(14(17)21)16-8(2)7-11(19)22-5/h9H,6-7H2,1-5H3/b16-8-/t9-/m1/s1. The van der Waals surface area contributed by atoms with Gasteiger partial charge in [0.2, 0.25) is 0 Å². The van der Waals surface area contributed by atoms with Crippen LogP contribution >= 0.6 is 15.9 Å². The molecular formula is C14H20BrN3O4. The highest BCUT2D eigenvalue weighted by atomic mass is 79.9. The number of nitrogens with zero attached hydrogens (tertiary/aromatic N) is 3. The predicted molar refractivity (Wildman–Crippen MR) is 87.5 cm³/mol. The van der Waals surface area contributed by atoms with E-state index in [9.17, 15) is 14.4 Å². The molecule has 1 heterocycles. The van der Waals surface area contributed by atoms with E-state index in [0.29, 0.717) is 17.8 Å². The van der Waals surface area contributed by atoms with E-state index in [2.05, 4.69) is 25.8 Å². The van der Waals surface area contributed by atoms with Gasteiger partial charge in [-0.3, -0.25) is 14.2 Å². The molecular weight excluding hydrogens is 354 g/mol. The van der Waals surface area contributed by atoms with E-state index in [1.807, 2.05) is 6.92 Å². The maximum absolute atomic E-state index is 12.5. The summed E-state index contributed by atoms with van der Waals surface area (Å²) in [6, 6.07) is -0.251. The van der Waals surface area contributed by atoms with Crippen molar-refractivity contribution in [3.8, 4) is 0 Å². The molecule has 7 nitrogen and oxygen atoms in total. The molecule has 0 saturated heterocycles. The van der Waals surface area contributed by atoms with Crippen LogP contribution < -0.4 is 11.2 Å². The zero-order valence-electron chi connectivity index (χ0n) is 13.3. The van der Waals surface area contributed by atoms with Crippen LogP contribution in [0.5, 0.6) is 0 Å². The molecule has 0 fully saturated rings. The monoisotopic (exact) mass is 373 g/mol. The lowest BCUT2D eigenvalue weighted by molar-refractivity contribution is -0.139. The fraction of sp³-hybridized carbons (Fsp3) is 0.571. The van der Waals surface area contributed by atoms with Crippen molar-refractivity contribution >= 4 is 27.6 Å². The van der Waals surface area contributed by atoms with Crippen LogP contribution in [0.4, 0.5) is 0 Å². The van der Waals surface area contributed by atoms with Gasteiger partial charge in [0.15, 0.2) is 0 Å². The van der Waals surface area contributed by atoms with Gasteiger partial charge in [-0.05, 0) is 43.1 Å². The summed E-state index contributed by atoms with van der Waals surface area (Å²) in [5.41, 5.74) is -0.102. The summed E-state index contributed by atoms with van der Waals surface area (Å²) in [7, 11) is 1.28. The van der Waals surface area contributed by atoms with Crippen LogP contribution in [-0.4, -0.2) is 28.0 Å². The predicted octanol–water partition coefficient (Wildman–Crippen LogP) is 1.84. The van der Waals surface area contributed by atoms with Crippen LogP contribution in [0, 0.1) is 6.92 Å². The number of carbonyl (C=O) groups is 1. The van der Waals surface area contributed by atoms with Crippen molar-refractivity contribution in [2.45, 2.75) is 46.6 Å². The number of carbonyl (C=O) groups excluding carboxylic acids is 1. The summed E-state index contributed by atoms with van der Waals surface area (Å²) in [6.45, 7) is 6.92. The molecule has 1 atom stereocenters. The Hall–Kier alpha value is -1.70. The van der Waals surface area contributed by atoms with Crippen LogP contribution in [0.15, 0.2) is 19.2 Å². The number of rotatable bonds is 5. The molecule has 0 unspecified atom stereocenters. The highest BCUT2D eigenvalue weighted by molar-refractivity contribution is 9.10. The van der Waals surface area contributed by atoms with Crippen LogP contribution in [0.25, 0.3) is 0 Å². The van der Waals surface area contributed by atoms with Crippen molar-refractivity contribution in [2.24, 2.45) is 5.10 Å². The van der Waals surface area contributed by atoms with Crippen LogP contribution in [0.1, 0.15) is 45.3 Å². The lowest BCUT2D eigenvalue weighted by atomic mass is 10.2. The van der Waals surface area contributed by atoms with Crippen LogP contribution in [-0.2, 0) is 9.53 Å². The molecule has 22 heavy (non-hydrogen) atoms. The molecule has 0 amide bonds. The number of hydrogen-bond acceptors (Lipinski definition) is 5. The van der Waals surface area contributed by atoms with E-state index in [1.165, 1.54) is 7.11 Å². The summed E-state index contributed by atoms with van der Waals surface area (Å²) in [6.07, 6.45) is 0.609. The quantitative estimate of drug-likeness (QED) is 0.582. The van der Waals surface area contributed by atoms with Crippen molar-refractivity contribution in [1.29, 1.82) is 0 Å². The van der Waals surface area contributed by atoms with Crippen molar-refractivity contribution in [2.75, 3.05) is 7.11 Å². The van der Waals surface area contributed by atoms with Gasteiger partial charge in [0.25, 0.3) is 5.56 Å². The average molecular weight is 374 g/mol. The van der Waals surface area contributed by atoms with Gasteiger partial charge in [-0.15, -0.1) is 0 Å². The van der Waals surface area contributed by atoms with Crippen molar-refractivity contribution in [3.05, 3.63) is 31.0 Å². The third kappa shape index (κ3) is 3.73. The summed E-state index contributed by atoms with van der Waals surface area (Å²) in [5.74, 6) is -0.443. The molecule has 0 aliphatic heterocycles. The van der Waals surface area contributed by atoms with Gasteiger partial charge in [0, 0.05) is 11.8 Å². The molecule has 0 aliphatic rings. The van der Waals surface area contributed by atoms with Crippen LogP contribution in [0.3, 0.4) is 0 Å². The topological polar surface area (TPSA) is 82.7 Å². The van der Waals surface area contributed by atoms with Gasteiger partial charge in [0.1, 0.15) is 4.47 Å². The molecule has 0 saturated carbocycles. The Balaban J connectivity index is 3.53. The maximum Gasteiger partial charge on any atom is 0.352 e. The van der Waals surface area contributed by atoms with Crippen molar-refractivity contribution < 1.29 is 9.53 Å². The van der Waals surface area contributed by atoms with E-state index in [4.69, 9.17) is 0 Å². The Morgan fingerprint density at radius 2 is 2.00 bits per heavy atom. The summed E-state index contributed by atoms with van der Waals surface area (Å²) < 4.78 is 7.14.